The van der Waals surface area contributed by atoms with Gasteiger partial charge < -0.3 is 9.88 Å². The molecule has 0 saturated carbocycles. The van der Waals surface area contributed by atoms with Gasteiger partial charge in [0.05, 0.1) is 17.7 Å². The maximum atomic E-state index is 13.6. The summed E-state index contributed by atoms with van der Waals surface area (Å²) in [5, 5.41) is 3.73. The maximum Gasteiger partial charge on any atom is 0.247 e. The topological polar surface area (TPSA) is 50.2 Å². The van der Waals surface area contributed by atoms with E-state index in [4.69, 9.17) is 11.6 Å². The molecule has 3 aromatic rings. The Balaban J connectivity index is 1.69. The number of rotatable bonds is 5. The van der Waals surface area contributed by atoms with Crippen molar-refractivity contribution in [3.8, 4) is 0 Å². The Morgan fingerprint density at radius 2 is 2.00 bits per heavy atom. The van der Waals surface area contributed by atoms with Crippen molar-refractivity contribution in [3.05, 3.63) is 82.4 Å². The summed E-state index contributed by atoms with van der Waals surface area (Å²) >= 11 is 6.27. The van der Waals surface area contributed by atoms with E-state index in [0.717, 1.165) is 29.9 Å². The highest BCUT2D eigenvalue weighted by Crippen LogP contribution is 2.33. The van der Waals surface area contributed by atoms with Gasteiger partial charge in [-0.1, -0.05) is 48.0 Å². The number of halogens is 1. The number of fused-ring (bicyclic) bond motifs is 1. The fourth-order valence-electron chi connectivity index (χ4n) is 4.02. The van der Waals surface area contributed by atoms with Crippen molar-refractivity contribution in [1.29, 1.82) is 0 Å². The third-order valence-electron chi connectivity index (χ3n) is 5.64. The number of hydrogen-bond acceptors (Lipinski definition) is 3. The molecule has 0 unspecified atom stereocenters. The molecule has 5 nitrogen and oxygen atoms in total. The Morgan fingerprint density at radius 1 is 1.23 bits per heavy atom. The first-order valence-electron chi connectivity index (χ1n) is 10.3. The molecule has 1 atom stereocenters. The minimum absolute atomic E-state index is 0.0609. The number of benzene rings is 2. The van der Waals surface area contributed by atoms with Gasteiger partial charge in [0.1, 0.15) is 6.04 Å². The Hall–Kier alpha value is -2.63. The Morgan fingerprint density at radius 3 is 2.70 bits per heavy atom. The quantitative estimate of drug-likeness (QED) is 0.617. The molecule has 1 aliphatic heterocycles. The fraction of sp³-hybridized carbons (Fsp3) is 0.333. The van der Waals surface area contributed by atoms with E-state index in [-0.39, 0.29) is 11.9 Å². The van der Waals surface area contributed by atoms with Crippen molar-refractivity contribution < 1.29 is 4.79 Å². The SMILES string of the molecule is Cc1ccc(NC(=O)[C@@H]2c3c(ncn3C(C)C)CCN2Cc2ccccc2)cc1Cl. The highest BCUT2D eigenvalue weighted by Gasteiger charge is 2.37. The van der Waals surface area contributed by atoms with Crippen LogP contribution >= 0.6 is 11.6 Å². The zero-order valence-electron chi connectivity index (χ0n) is 17.6. The first-order valence-corrected chi connectivity index (χ1v) is 10.7. The van der Waals surface area contributed by atoms with Gasteiger partial charge in [-0.05, 0) is 44.0 Å². The van der Waals surface area contributed by atoms with Crippen LogP contribution in [0.2, 0.25) is 5.02 Å². The number of amides is 1. The van der Waals surface area contributed by atoms with Crippen LogP contribution in [0.3, 0.4) is 0 Å². The Bertz CT molecular complexity index is 1040. The molecule has 1 aromatic heterocycles. The number of carbonyl (C=O) groups is 1. The molecule has 0 saturated heterocycles. The summed E-state index contributed by atoms with van der Waals surface area (Å²) in [5.74, 6) is -0.0609. The van der Waals surface area contributed by atoms with Gasteiger partial charge in [0.25, 0.3) is 0 Å². The molecule has 1 aliphatic rings. The molecule has 0 fully saturated rings. The zero-order chi connectivity index (χ0) is 21.3. The molecular weight excluding hydrogens is 396 g/mol. The number of aromatic nitrogens is 2. The third-order valence-corrected chi connectivity index (χ3v) is 6.05. The molecule has 2 heterocycles. The molecule has 6 heteroatoms. The van der Waals surface area contributed by atoms with E-state index in [9.17, 15) is 4.79 Å². The lowest BCUT2D eigenvalue weighted by molar-refractivity contribution is -0.122. The predicted molar refractivity (Wildman–Crippen MR) is 121 cm³/mol. The highest BCUT2D eigenvalue weighted by atomic mass is 35.5. The van der Waals surface area contributed by atoms with Gasteiger partial charge in [-0.3, -0.25) is 9.69 Å². The van der Waals surface area contributed by atoms with E-state index < -0.39 is 6.04 Å². The average molecular weight is 423 g/mol. The van der Waals surface area contributed by atoms with Crippen molar-refractivity contribution in [3.63, 3.8) is 0 Å². The number of aryl methyl sites for hydroxylation is 1. The van der Waals surface area contributed by atoms with Gasteiger partial charge in [0.15, 0.2) is 0 Å². The van der Waals surface area contributed by atoms with Crippen molar-refractivity contribution in [2.24, 2.45) is 0 Å². The van der Waals surface area contributed by atoms with Crippen LogP contribution in [0.1, 0.15) is 48.4 Å². The second-order valence-corrected chi connectivity index (χ2v) is 8.55. The molecule has 4 rings (SSSR count). The molecule has 0 bridgehead atoms. The number of nitrogens with one attached hydrogen (secondary N) is 1. The zero-order valence-corrected chi connectivity index (χ0v) is 18.4. The predicted octanol–water partition coefficient (Wildman–Crippen LogP) is 5.16. The standard InChI is InChI=1S/C24H27ClN4O/c1-16(2)29-15-26-21-11-12-28(14-18-7-5-4-6-8-18)23(22(21)29)24(30)27-19-10-9-17(3)20(25)13-19/h4-10,13,15-16,23H,11-12,14H2,1-3H3,(H,27,30)/t23-/m0/s1. The largest absolute Gasteiger partial charge is 0.330 e. The van der Waals surface area contributed by atoms with Gasteiger partial charge in [-0.2, -0.15) is 0 Å². The number of carbonyl (C=O) groups excluding carboxylic acids is 1. The summed E-state index contributed by atoms with van der Waals surface area (Å²) < 4.78 is 2.12. The van der Waals surface area contributed by atoms with Gasteiger partial charge in [-0.15, -0.1) is 0 Å². The smallest absolute Gasteiger partial charge is 0.247 e. The first kappa shape index (κ1) is 20.6. The Labute approximate surface area is 182 Å². The monoisotopic (exact) mass is 422 g/mol. The first-order chi connectivity index (χ1) is 14.4. The summed E-state index contributed by atoms with van der Waals surface area (Å²) in [5.41, 5.74) is 4.88. The van der Waals surface area contributed by atoms with Crippen LogP contribution in [0.4, 0.5) is 5.69 Å². The molecule has 156 valence electrons. The van der Waals surface area contributed by atoms with Crippen molar-refractivity contribution in [1.82, 2.24) is 14.5 Å². The van der Waals surface area contributed by atoms with Crippen LogP contribution in [-0.2, 0) is 17.8 Å². The van der Waals surface area contributed by atoms with Crippen molar-refractivity contribution in [2.75, 3.05) is 11.9 Å². The van der Waals surface area contributed by atoms with E-state index in [1.807, 2.05) is 43.6 Å². The molecule has 2 aromatic carbocycles. The lowest BCUT2D eigenvalue weighted by Gasteiger charge is -2.36. The highest BCUT2D eigenvalue weighted by molar-refractivity contribution is 6.31. The minimum Gasteiger partial charge on any atom is -0.330 e. The second-order valence-electron chi connectivity index (χ2n) is 8.14. The second kappa shape index (κ2) is 8.62. The summed E-state index contributed by atoms with van der Waals surface area (Å²) in [4.78, 5) is 20.4. The summed E-state index contributed by atoms with van der Waals surface area (Å²) in [6.45, 7) is 7.67. The fourth-order valence-corrected chi connectivity index (χ4v) is 4.20. The number of nitrogens with zero attached hydrogens (tertiary/aromatic N) is 3. The normalized spacial score (nSPS) is 16.5. The summed E-state index contributed by atoms with van der Waals surface area (Å²) in [6.07, 6.45) is 2.70. The van der Waals surface area contributed by atoms with Gasteiger partial charge in [-0.25, -0.2) is 4.98 Å². The van der Waals surface area contributed by atoms with Gasteiger partial charge in [0.2, 0.25) is 5.91 Å². The molecule has 0 aliphatic carbocycles. The van der Waals surface area contributed by atoms with E-state index in [2.05, 4.69) is 45.7 Å². The molecule has 0 spiro atoms. The Kier molecular flexibility index (Phi) is 5.93. The van der Waals surface area contributed by atoms with E-state index in [1.54, 1.807) is 6.07 Å². The molecule has 0 radical (unpaired) electrons. The van der Waals surface area contributed by atoms with Crippen molar-refractivity contribution in [2.45, 2.75) is 45.8 Å². The lowest BCUT2D eigenvalue weighted by atomic mass is 9.99. The van der Waals surface area contributed by atoms with E-state index in [0.29, 0.717) is 17.3 Å². The molecular formula is C24H27ClN4O. The van der Waals surface area contributed by atoms with Crippen LogP contribution in [0.15, 0.2) is 54.9 Å². The van der Waals surface area contributed by atoms with Crippen molar-refractivity contribution >= 4 is 23.2 Å². The number of anilines is 1. The van der Waals surface area contributed by atoms with Crippen LogP contribution in [0.25, 0.3) is 0 Å². The summed E-state index contributed by atoms with van der Waals surface area (Å²) in [7, 11) is 0. The maximum absolute atomic E-state index is 13.6. The van der Waals surface area contributed by atoms with Crippen LogP contribution in [-0.4, -0.2) is 26.9 Å². The van der Waals surface area contributed by atoms with Crippen LogP contribution in [0, 0.1) is 6.92 Å². The molecule has 1 amide bonds. The average Bonchev–Trinajstić information content (AvgIpc) is 3.15. The third kappa shape index (κ3) is 4.13. The number of imidazole rings is 1. The minimum atomic E-state index is -0.418. The number of hydrogen-bond donors (Lipinski definition) is 1. The molecule has 30 heavy (non-hydrogen) atoms. The van der Waals surface area contributed by atoms with E-state index in [1.165, 1.54) is 5.56 Å². The van der Waals surface area contributed by atoms with E-state index >= 15 is 0 Å². The van der Waals surface area contributed by atoms with Crippen LogP contribution in [0.5, 0.6) is 0 Å². The van der Waals surface area contributed by atoms with Crippen LogP contribution < -0.4 is 5.32 Å². The van der Waals surface area contributed by atoms with Gasteiger partial charge in [0, 0.05) is 36.3 Å². The lowest BCUT2D eigenvalue weighted by Crippen LogP contribution is -2.42. The molecule has 1 N–H and O–H groups in total. The summed E-state index contributed by atoms with van der Waals surface area (Å²) in [6, 6.07) is 15.7. The van der Waals surface area contributed by atoms with Gasteiger partial charge >= 0.3 is 0 Å².